The number of rotatable bonds is 5. The molecule has 3 N–H and O–H groups in total. The van der Waals surface area contributed by atoms with E-state index in [9.17, 15) is 9.90 Å². The van der Waals surface area contributed by atoms with Crippen molar-refractivity contribution in [2.24, 2.45) is 5.73 Å². The molecule has 0 fully saturated rings. The van der Waals surface area contributed by atoms with E-state index in [0.29, 0.717) is 11.3 Å². The summed E-state index contributed by atoms with van der Waals surface area (Å²) in [4.78, 5) is 11.5. The monoisotopic (exact) mass is 271 g/mol. The fourth-order valence-corrected chi connectivity index (χ4v) is 1.84. The van der Waals surface area contributed by atoms with E-state index in [1.165, 1.54) is 0 Å². The average Bonchev–Trinajstić information content (AvgIpc) is 2.47. The topological polar surface area (TPSA) is 72.5 Å². The predicted molar refractivity (Wildman–Crippen MR) is 76.6 cm³/mol. The molecule has 0 aliphatic rings. The molecule has 0 heterocycles. The van der Waals surface area contributed by atoms with Gasteiger partial charge >= 0.3 is 5.97 Å². The van der Waals surface area contributed by atoms with E-state index in [1.54, 1.807) is 36.4 Å². The quantitative estimate of drug-likeness (QED) is 0.875. The molecular weight excluding hydrogens is 254 g/mol. The standard InChI is InChI=1S/C16H17NO3/c1-12-7-9-14(10-8-12)20-11-16(17,15(18)19)13-5-3-2-4-6-13/h2-10H,11,17H2,1H3,(H,18,19). The first-order valence-corrected chi connectivity index (χ1v) is 6.29. The number of aryl methyl sites for hydroxylation is 1. The van der Waals surface area contributed by atoms with E-state index >= 15 is 0 Å². The van der Waals surface area contributed by atoms with E-state index in [-0.39, 0.29) is 6.61 Å². The van der Waals surface area contributed by atoms with Crippen LogP contribution in [0.15, 0.2) is 54.6 Å². The highest BCUT2D eigenvalue weighted by atomic mass is 16.5. The van der Waals surface area contributed by atoms with Crippen molar-refractivity contribution >= 4 is 5.97 Å². The highest BCUT2D eigenvalue weighted by Gasteiger charge is 2.37. The largest absolute Gasteiger partial charge is 0.491 e. The molecule has 4 heteroatoms. The summed E-state index contributed by atoms with van der Waals surface area (Å²) >= 11 is 0. The minimum absolute atomic E-state index is 0.130. The number of carbonyl (C=O) groups is 1. The smallest absolute Gasteiger partial charge is 0.331 e. The lowest BCUT2D eigenvalue weighted by molar-refractivity contribution is -0.145. The first-order chi connectivity index (χ1) is 9.52. The lowest BCUT2D eigenvalue weighted by Gasteiger charge is -2.25. The first-order valence-electron chi connectivity index (χ1n) is 6.29. The van der Waals surface area contributed by atoms with Gasteiger partial charge in [0.2, 0.25) is 0 Å². The molecule has 1 unspecified atom stereocenters. The van der Waals surface area contributed by atoms with Crippen LogP contribution in [0.2, 0.25) is 0 Å². The van der Waals surface area contributed by atoms with Crippen molar-refractivity contribution in [2.75, 3.05) is 6.61 Å². The van der Waals surface area contributed by atoms with Gasteiger partial charge in [0.15, 0.2) is 5.54 Å². The van der Waals surface area contributed by atoms with Gasteiger partial charge in [-0.3, -0.25) is 0 Å². The Kier molecular flexibility index (Phi) is 4.05. The van der Waals surface area contributed by atoms with Gasteiger partial charge in [-0.15, -0.1) is 0 Å². The number of aliphatic carboxylic acids is 1. The summed E-state index contributed by atoms with van der Waals surface area (Å²) in [6, 6.07) is 16.1. The lowest BCUT2D eigenvalue weighted by atomic mass is 9.92. The summed E-state index contributed by atoms with van der Waals surface area (Å²) in [6.07, 6.45) is 0. The van der Waals surface area contributed by atoms with Crippen LogP contribution in [0.4, 0.5) is 0 Å². The van der Waals surface area contributed by atoms with Gasteiger partial charge in [-0.1, -0.05) is 48.0 Å². The molecule has 0 bridgehead atoms. The fraction of sp³-hybridized carbons (Fsp3) is 0.188. The van der Waals surface area contributed by atoms with Crippen molar-refractivity contribution in [2.45, 2.75) is 12.5 Å². The third kappa shape index (κ3) is 2.97. The van der Waals surface area contributed by atoms with Gasteiger partial charge in [-0.25, -0.2) is 4.79 Å². The highest BCUT2D eigenvalue weighted by molar-refractivity contribution is 5.80. The van der Waals surface area contributed by atoms with Crippen LogP contribution in [0, 0.1) is 6.92 Å². The summed E-state index contributed by atoms with van der Waals surface area (Å²) in [6.45, 7) is 1.84. The molecule has 4 nitrogen and oxygen atoms in total. The highest BCUT2D eigenvalue weighted by Crippen LogP contribution is 2.21. The van der Waals surface area contributed by atoms with E-state index < -0.39 is 11.5 Å². The zero-order chi connectivity index (χ0) is 14.6. The van der Waals surface area contributed by atoms with Crippen LogP contribution in [-0.4, -0.2) is 17.7 Å². The third-order valence-corrected chi connectivity index (χ3v) is 3.16. The van der Waals surface area contributed by atoms with Crippen LogP contribution in [0.3, 0.4) is 0 Å². The maximum atomic E-state index is 11.5. The minimum Gasteiger partial charge on any atom is -0.491 e. The van der Waals surface area contributed by atoms with Gasteiger partial charge < -0.3 is 15.6 Å². The molecule has 0 aliphatic carbocycles. The summed E-state index contributed by atoms with van der Waals surface area (Å²) in [5.74, 6) is -0.515. The van der Waals surface area contributed by atoms with Gasteiger partial charge in [0.1, 0.15) is 12.4 Å². The molecule has 1 atom stereocenters. The fourth-order valence-electron chi connectivity index (χ4n) is 1.84. The second kappa shape index (κ2) is 5.75. The van der Waals surface area contributed by atoms with Crippen molar-refractivity contribution < 1.29 is 14.6 Å². The molecule has 2 aromatic carbocycles. The van der Waals surface area contributed by atoms with E-state index in [1.807, 2.05) is 25.1 Å². The second-order valence-electron chi connectivity index (χ2n) is 4.74. The Hall–Kier alpha value is -2.33. The van der Waals surface area contributed by atoms with E-state index in [4.69, 9.17) is 10.5 Å². The first kappa shape index (κ1) is 14.1. The molecule has 0 amide bonds. The molecule has 104 valence electrons. The van der Waals surface area contributed by atoms with Gasteiger partial charge in [-0.2, -0.15) is 0 Å². The molecule has 0 saturated heterocycles. The SMILES string of the molecule is Cc1ccc(OCC(N)(C(=O)O)c2ccccc2)cc1. The molecule has 2 rings (SSSR count). The molecule has 0 saturated carbocycles. The molecule has 0 aromatic heterocycles. The Balaban J connectivity index is 2.18. The van der Waals surface area contributed by atoms with Gasteiger partial charge in [-0.05, 0) is 24.6 Å². The normalized spacial score (nSPS) is 13.5. The molecule has 0 spiro atoms. The Morgan fingerprint density at radius 3 is 2.30 bits per heavy atom. The van der Waals surface area contributed by atoms with Gasteiger partial charge in [0.05, 0.1) is 0 Å². The van der Waals surface area contributed by atoms with Gasteiger partial charge in [0, 0.05) is 0 Å². The van der Waals surface area contributed by atoms with Crippen molar-refractivity contribution in [1.82, 2.24) is 0 Å². The zero-order valence-corrected chi connectivity index (χ0v) is 11.2. The summed E-state index contributed by atoms with van der Waals surface area (Å²) in [7, 11) is 0. The number of carboxylic acids is 1. The van der Waals surface area contributed by atoms with Crippen LogP contribution < -0.4 is 10.5 Å². The van der Waals surface area contributed by atoms with Crippen molar-refractivity contribution in [3.63, 3.8) is 0 Å². The van der Waals surface area contributed by atoms with E-state index in [2.05, 4.69) is 0 Å². The van der Waals surface area contributed by atoms with E-state index in [0.717, 1.165) is 5.56 Å². The number of ether oxygens (including phenoxy) is 1. The average molecular weight is 271 g/mol. The maximum absolute atomic E-state index is 11.5. The Labute approximate surface area is 117 Å². The van der Waals surface area contributed by atoms with Crippen LogP contribution in [0.1, 0.15) is 11.1 Å². The van der Waals surface area contributed by atoms with Crippen molar-refractivity contribution in [3.05, 3.63) is 65.7 Å². The van der Waals surface area contributed by atoms with Crippen LogP contribution in [-0.2, 0) is 10.3 Å². The molecule has 2 aromatic rings. The lowest BCUT2D eigenvalue weighted by Crippen LogP contribution is -2.49. The maximum Gasteiger partial charge on any atom is 0.331 e. The zero-order valence-electron chi connectivity index (χ0n) is 11.2. The minimum atomic E-state index is -1.56. The number of hydrogen-bond donors (Lipinski definition) is 2. The Morgan fingerprint density at radius 2 is 1.75 bits per heavy atom. The molecular formula is C16H17NO3. The number of hydrogen-bond acceptors (Lipinski definition) is 3. The van der Waals surface area contributed by atoms with Crippen LogP contribution >= 0.6 is 0 Å². The number of nitrogens with two attached hydrogens (primary N) is 1. The molecule has 0 radical (unpaired) electrons. The van der Waals surface area contributed by atoms with Crippen molar-refractivity contribution in [1.29, 1.82) is 0 Å². The van der Waals surface area contributed by atoms with Gasteiger partial charge in [0.25, 0.3) is 0 Å². The summed E-state index contributed by atoms with van der Waals surface area (Å²) in [5.41, 5.74) is 6.07. The Bertz CT molecular complexity index is 580. The third-order valence-electron chi connectivity index (χ3n) is 3.16. The molecule has 20 heavy (non-hydrogen) atoms. The second-order valence-corrected chi connectivity index (χ2v) is 4.74. The number of benzene rings is 2. The van der Waals surface area contributed by atoms with Crippen LogP contribution in [0.25, 0.3) is 0 Å². The number of carboxylic acid groups (broad SMARTS) is 1. The summed E-state index contributed by atoms with van der Waals surface area (Å²) < 4.78 is 5.54. The molecule has 0 aliphatic heterocycles. The van der Waals surface area contributed by atoms with Crippen LogP contribution in [0.5, 0.6) is 5.75 Å². The predicted octanol–water partition coefficient (Wildman–Crippen LogP) is 2.31. The van der Waals surface area contributed by atoms with Crippen molar-refractivity contribution in [3.8, 4) is 5.75 Å². The Morgan fingerprint density at radius 1 is 1.15 bits per heavy atom. The summed E-state index contributed by atoms with van der Waals surface area (Å²) in [5, 5.41) is 9.40.